The maximum atomic E-state index is 11.3. The summed E-state index contributed by atoms with van der Waals surface area (Å²) in [6, 6.07) is 6.89. The van der Waals surface area contributed by atoms with Crippen LogP contribution in [0.1, 0.15) is 26.7 Å². The normalized spacial score (nSPS) is 11.7. The van der Waals surface area contributed by atoms with Crippen LogP contribution in [0.5, 0.6) is 5.75 Å². The first-order valence-electron chi connectivity index (χ1n) is 5.79. The molecule has 0 aliphatic carbocycles. The molecule has 1 amide bonds. The fraction of sp³-hybridized carbons (Fsp3) is 0.385. The lowest BCUT2D eigenvalue weighted by atomic mass is 10.2. The van der Waals surface area contributed by atoms with Crippen LogP contribution in [0, 0.1) is 0 Å². The molecule has 1 rings (SSSR count). The highest BCUT2D eigenvalue weighted by Crippen LogP contribution is 2.19. The molecule has 0 saturated carbocycles. The molecule has 0 bridgehead atoms. The van der Waals surface area contributed by atoms with Gasteiger partial charge in [-0.25, -0.2) is 0 Å². The van der Waals surface area contributed by atoms with E-state index in [4.69, 9.17) is 9.84 Å². The largest absolute Gasteiger partial charge is 0.491 e. The minimum absolute atomic E-state index is 0.0926. The Bertz CT molecular complexity index is 431. The first kappa shape index (κ1) is 14.0. The number of anilines is 1. The fourth-order valence-corrected chi connectivity index (χ4v) is 1.31. The predicted octanol–water partition coefficient (Wildman–Crippen LogP) is 2.28. The fourth-order valence-electron chi connectivity index (χ4n) is 1.31. The molecule has 5 nitrogen and oxygen atoms in total. The number of carbonyl (C=O) groups excluding carboxylic acids is 1. The van der Waals surface area contributed by atoms with Crippen LogP contribution in [0.3, 0.4) is 0 Å². The van der Waals surface area contributed by atoms with Crippen LogP contribution in [-0.4, -0.2) is 23.1 Å². The summed E-state index contributed by atoms with van der Waals surface area (Å²) in [4.78, 5) is 21.6. The van der Waals surface area contributed by atoms with E-state index in [1.165, 1.54) is 0 Å². The van der Waals surface area contributed by atoms with Gasteiger partial charge in [0, 0.05) is 11.8 Å². The first-order chi connectivity index (χ1) is 8.51. The van der Waals surface area contributed by atoms with Crippen molar-refractivity contribution in [3.05, 3.63) is 24.3 Å². The van der Waals surface area contributed by atoms with Crippen molar-refractivity contribution < 1.29 is 19.4 Å². The van der Waals surface area contributed by atoms with E-state index in [2.05, 4.69) is 5.32 Å². The van der Waals surface area contributed by atoms with Gasteiger partial charge in [0.05, 0.1) is 6.10 Å². The molecule has 1 aromatic rings. The van der Waals surface area contributed by atoms with Crippen LogP contribution in [0.2, 0.25) is 0 Å². The molecule has 0 saturated heterocycles. The van der Waals surface area contributed by atoms with Crippen molar-refractivity contribution in [1.29, 1.82) is 0 Å². The lowest BCUT2D eigenvalue weighted by molar-refractivity contribution is -0.139. The lowest BCUT2D eigenvalue weighted by Gasteiger charge is -2.13. The Balaban J connectivity index is 2.64. The van der Waals surface area contributed by atoms with Gasteiger partial charge in [0.15, 0.2) is 0 Å². The molecule has 98 valence electrons. The summed E-state index contributed by atoms with van der Waals surface area (Å²) in [5.41, 5.74) is 0.530. The Labute approximate surface area is 106 Å². The zero-order valence-electron chi connectivity index (χ0n) is 10.5. The van der Waals surface area contributed by atoms with Crippen LogP contribution < -0.4 is 10.1 Å². The number of aliphatic carboxylic acids is 1. The highest BCUT2D eigenvalue weighted by molar-refractivity contribution is 6.01. The monoisotopic (exact) mass is 251 g/mol. The van der Waals surface area contributed by atoms with Crippen molar-refractivity contribution in [3.63, 3.8) is 0 Å². The zero-order valence-corrected chi connectivity index (χ0v) is 10.5. The molecule has 0 aliphatic heterocycles. The van der Waals surface area contributed by atoms with Crippen molar-refractivity contribution in [2.24, 2.45) is 0 Å². The van der Waals surface area contributed by atoms with Crippen molar-refractivity contribution in [2.45, 2.75) is 32.8 Å². The highest BCUT2D eigenvalue weighted by atomic mass is 16.5. The average Bonchev–Trinajstić information content (AvgIpc) is 2.28. The van der Waals surface area contributed by atoms with Gasteiger partial charge >= 0.3 is 5.97 Å². The van der Waals surface area contributed by atoms with E-state index in [1.807, 2.05) is 13.8 Å². The number of carboxylic acid groups (broad SMARTS) is 1. The van der Waals surface area contributed by atoms with Gasteiger partial charge in [-0.15, -0.1) is 0 Å². The third-order valence-corrected chi connectivity index (χ3v) is 2.34. The van der Waals surface area contributed by atoms with Gasteiger partial charge in [0.25, 0.3) is 0 Å². The zero-order chi connectivity index (χ0) is 13.5. The summed E-state index contributed by atoms with van der Waals surface area (Å²) in [5, 5.41) is 11.0. The summed E-state index contributed by atoms with van der Waals surface area (Å²) in [7, 11) is 0. The molecule has 0 heterocycles. The van der Waals surface area contributed by atoms with Crippen LogP contribution >= 0.6 is 0 Å². The van der Waals surface area contributed by atoms with Gasteiger partial charge in [-0.05, 0) is 25.5 Å². The summed E-state index contributed by atoms with van der Waals surface area (Å²) in [5.74, 6) is -1.06. The second-order valence-electron chi connectivity index (χ2n) is 3.98. The second kappa shape index (κ2) is 6.64. The van der Waals surface area contributed by atoms with Crippen molar-refractivity contribution in [1.82, 2.24) is 0 Å². The number of hydrogen-bond acceptors (Lipinski definition) is 3. The van der Waals surface area contributed by atoms with Gasteiger partial charge < -0.3 is 15.2 Å². The van der Waals surface area contributed by atoms with Crippen molar-refractivity contribution in [2.75, 3.05) is 5.32 Å². The number of ether oxygens (including phenoxy) is 1. The minimum Gasteiger partial charge on any atom is -0.491 e. The van der Waals surface area contributed by atoms with Gasteiger partial charge in [-0.1, -0.05) is 13.0 Å². The Morgan fingerprint density at radius 1 is 1.44 bits per heavy atom. The van der Waals surface area contributed by atoms with Gasteiger partial charge in [-0.3, -0.25) is 9.59 Å². The Morgan fingerprint density at radius 2 is 2.17 bits per heavy atom. The number of rotatable bonds is 6. The SMILES string of the molecule is CCC(C)Oc1cccc(NC(=O)CC(=O)O)c1. The molecule has 5 heteroatoms. The smallest absolute Gasteiger partial charge is 0.312 e. The molecule has 0 aliphatic rings. The minimum atomic E-state index is -1.15. The lowest BCUT2D eigenvalue weighted by Crippen LogP contribution is -2.16. The van der Waals surface area contributed by atoms with Gasteiger partial charge in [0.1, 0.15) is 12.2 Å². The van der Waals surface area contributed by atoms with Crippen molar-refractivity contribution >= 4 is 17.6 Å². The maximum Gasteiger partial charge on any atom is 0.312 e. The van der Waals surface area contributed by atoms with Gasteiger partial charge in [-0.2, -0.15) is 0 Å². The summed E-state index contributed by atoms with van der Waals surface area (Å²) < 4.78 is 5.60. The molecular weight excluding hydrogens is 234 g/mol. The molecule has 1 aromatic carbocycles. The van der Waals surface area contributed by atoms with E-state index in [9.17, 15) is 9.59 Å². The van der Waals surface area contributed by atoms with Crippen LogP contribution in [0.15, 0.2) is 24.3 Å². The van der Waals surface area contributed by atoms with E-state index >= 15 is 0 Å². The number of carboxylic acids is 1. The number of nitrogens with one attached hydrogen (secondary N) is 1. The Hall–Kier alpha value is -2.04. The van der Waals surface area contributed by atoms with Crippen LogP contribution in [0.25, 0.3) is 0 Å². The van der Waals surface area contributed by atoms with E-state index in [0.29, 0.717) is 11.4 Å². The van der Waals surface area contributed by atoms with E-state index < -0.39 is 18.3 Å². The molecular formula is C13H17NO4. The predicted molar refractivity (Wildman–Crippen MR) is 67.7 cm³/mol. The van der Waals surface area contributed by atoms with Crippen LogP contribution in [0.4, 0.5) is 5.69 Å². The standard InChI is InChI=1S/C13H17NO4/c1-3-9(2)18-11-6-4-5-10(7-11)14-12(15)8-13(16)17/h4-7,9H,3,8H2,1-2H3,(H,14,15)(H,16,17). The second-order valence-corrected chi connectivity index (χ2v) is 3.98. The topological polar surface area (TPSA) is 75.6 Å². The number of hydrogen-bond donors (Lipinski definition) is 2. The molecule has 18 heavy (non-hydrogen) atoms. The molecule has 2 N–H and O–H groups in total. The highest BCUT2D eigenvalue weighted by Gasteiger charge is 2.08. The summed E-state index contributed by atoms with van der Waals surface area (Å²) >= 11 is 0. The number of benzene rings is 1. The molecule has 1 atom stereocenters. The van der Waals surface area contributed by atoms with E-state index in [0.717, 1.165) is 6.42 Å². The molecule has 0 radical (unpaired) electrons. The van der Waals surface area contributed by atoms with Crippen molar-refractivity contribution in [3.8, 4) is 5.75 Å². The Morgan fingerprint density at radius 3 is 2.78 bits per heavy atom. The average molecular weight is 251 g/mol. The molecule has 0 fully saturated rings. The molecule has 1 unspecified atom stereocenters. The third kappa shape index (κ3) is 4.86. The molecule has 0 aromatic heterocycles. The summed E-state index contributed by atoms with van der Waals surface area (Å²) in [6.45, 7) is 3.97. The third-order valence-electron chi connectivity index (χ3n) is 2.34. The quantitative estimate of drug-likeness (QED) is 0.760. The Kier molecular flexibility index (Phi) is 5.17. The van der Waals surface area contributed by atoms with Crippen LogP contribution in [-0.2, 0) is 9.59 Å². The van der Waals surface area contributed by atoms with E-state index in [1.54, 1.807) is 24.3 Å². The number of amides is 1. The number of carbonyl (C=O) groups is 2. The van der Waals surface area contributed by atoms with Gasteiger partial charge in [0.2, 0.25) is 5.91 Å². The summed E-state index contributed by atoms with van der Waals surface area (Å²) in [6.07, 6.45) is 0.432. The maximum absolute atomic E-state index is 11.3. The molecule has 0 spiro atoms. The first-order valence-corrected chi connectivity index (χ1v) is 5.79. The van der Waals surface area contributed by atoms with E-state index in [-0.39, 0.29) is 6.10 Å².